The maximum Gasteiger partial charge on any atom is 0.417 e. The number of rotatable bonds is 12. The normalized spacial score (nSPS) is 14.8. The van der Waals surface area contributed by atoms with Gasteiger partial charge in [0, 0.05) is 20.1 Å². The monoisotopic (exact) mass is 577 g/mol. The van der Waals surface area contributed by atoms with E-state index in [1.54, 1.807) is 24.8 Å². The van der Waals surface area contributed by atoms with Crippen molar-refractivity contribution in [3.8, 4) is 11.8 Å². The fraction of sp³-hybridized carbons (Fsp3) is 0.429. The minimum atomic E-state index is -4.75. The van der Waals surface area contributed by atoms with E-state index in [0.717, 1.165) is 22.6 Å². The average Bonchev–Trinajstić information content (AvgIpc) is 3.08. The lowest BCUT2D eigenvalue weighted by atomic mass is 10.0. The largest absolute Gasteiger partial charge is 0.494 e. The number of thiocarbonyl (C=S) groups is 1. The summed E-state index contributed by atoms with van der Waals surface area (Å²) < 4.78 is 55.6. The van der Waals surface area contributed by atoms with Gasteiger partial charge >= 0.3 is 12.1 Å². The summed E-state index contributed by atoms with van der Waals surface area (Å²) in [5.41, 5.74) is -1.69. The maximum atomic E-state index is 13.5. The number of anilines is 1. The molecule has 40 heavy (non-hydrogen) atoms. The van der Waals surface area contributed by atoms with Crippen molar-refractivity contribution < 1.29 is 37.0 Å². The highest BCUT2D eigenvalue weighted by Crippen LogP contribution is 2.38. The van der Waals surface area contributed by atoms with E-state index in [0.29, 0.717) is 38.2 Å². The van der Waals surface area contributed by atoms with Crippen LogP contribution in [-0.2, 0) is 31.7 Å². The van der Waals surface area contributed by atoms with Crippen molar-refractivity contribution in [3.05, 3.63) is 59.2 Å². The first kappa shape index (κ1) is 30.8. The van der Waals surface area contributed by atoms with Crippen molar-refractivity contribution in [2.45, 2.75) is 51.2 Å². The van der Waals surface area contributed by atoms with E-state index < -0.39 is 28.7 Å². The Kier molecular flexibility index (Phi) is 10.1. The van der Waals surface area contributed by atoms with Crippen molar-refractivity contribution in [2.75, 3.05) is 32.0 Å². The zero-order valence-electron chi connectivity index (χ0n) is 22.4. The van der Waals surface area contributed by atoms with E-state index in [4.69, 9.17) is 27.0 Å². The number of carbonyl (C=O) groups excluding carboxylic acids is 2. The fourth-order valence-corrected chi connectivity index (χ4v) is 4.75. The van der Waals surface area contributed by atoms with E-state index >= 15 is 0 Å². The molecule has 0 atom stereocenters. The van der Waals surface area contributed by atoms with Crippen molar-refractivity contribution in [1.29, 1.82) is 5.26 Å². The van der Waals surface area contributed by atoms with Crippen LogP contribution < -0.4 is 9.64 Å². The summed E-state index contributed by atoms with van der Waals surface area (Å²) >= 11 is 5.54. The summed E-state index contributed by atoms with van der Waals surface area (Å²) in [6.45, 7) is 4.06. The molecule has 0 unspecified atom stereocenters. The van der Waals surface area contributed by atoms with Gasteiger partial charge in [-0.15, -0.1) is 0 Å². The number of carbonyl (C=O) groups is 2. The molecule has 0 radical (unpaired) electrons. The van der Waals surface area contributed by atoms with Gasteiger partial charge in [0.2, 0.25) is 0 Å². The molecule has 2 aromatic rings. The molecular formula is C28H30F3N3O5S. The Hall–Kier alpha value is -3.69. The topological polar surface area (TPSA) is 92.1 Å². The molecular weight excluding hydrogens is 547 g/mol. The highest BCUT2D eigenvalue weighted by atomic mass is 32.1. The van der Waals surface area contributed by atoms with Gasteiger partial charge in [0.05, 0.1) is 29.5 Å². The first-order chi connectivity index (χ1) is 18.9. The molecule has 0 aliphatic carbocycles. The molecule has 0 aromatic heterocycles. The van der Waals surface area contributed by atoms with Crippen molar-refractivity contribution in [2.24, 2.45) is 0 Å². The zero-order chi connectivity index (χ0) is 29.5. The Labute approximate surface area is 236 Å². The number of esters is 1. The molecule has 0 saturated carbocycles. The molecule has 1 fully saturated rings. The van der Waals surface area contributed by atoms with Crippen LogP contribution in [0.1, 0.15) is 49.8 Å². The van der Waals surface area contributed by atoms with Crippen molar-refractivity contribution >= 4 is 34.9 Å². The second-order valence-electron chi connectivity index (χ2n) is 9.60. The number of nitriles is 1. The summed E-state index contributed by atoms with van der Waals surface area (Å²) in [7, 11) is 1.44. The maximum absolute atomic E-state index is 13.5. The van der Waals surface area contributed by atoms with E-state index in [-0.39, 0.29) is 30.0 Å². The van der Waals surface area contributed by atoms with Crippen molar-refractivity contribution in [1.82, 2.24) is 4.90 Å². The summed E-state index contributed by atoms with van der Waals surface area (Å²) in [5.74, 6) is -0.129. The third kappa shape index (κ3) is 7.28. The van der Waals surface area contributed by atoms with Crippen LogP contribution in [0.25, 0.3) is 0 Å². The van der Waals surface area contributed by atoms with Crippen LogP contribution in [0.3, 0.4) is 0 Å². The third-order valence-electron chi connectivity index (χ3n) is 6.41. The van der Waals surface area contributed by atoms with Gasteiger partial charge < -0.3 is 19.1 Å². The highest BCUT2D eigenvalue weighted by molar-refractivity contribution is 7.80. The van der Waals surface area contributed by atoms with Crippen molar-refractivity contribution in [3.63, 3.8) is 0 Å². The zero-order valence-corrected chi connectivity index (χ0v) is 23.2. The number of ether oxygens (including phenoxy) is 3. The predicted octanol–water partition coefficient (Wildman–Crippen LogP) is 5.23. The van der Waals surface area contributed by atoms with Gasteiger partial charge in [-0.25, -0.2) is 0 Å². The molecule has 3 rings (SSSR count). The predicted molar refractivity (Wildman–Crippen MR) is 144 cm³/mol. The van der Waals surface area contributed by atoms with Gasteiger partial charge in [0.25, 0.3) is 5.91 Å². The number of hydrogen-bond donors (Lipinski definition) is 0. The summed E-state index contributed by atoms with van der Waals surface area (Å²) in [6.07, 6.45) is -2.71. The van der Waals surface area contributed by atoms with E-state index in [1.165, 1.54) is 13.2 Å². The molecule has 1 amide bonds. The molecule has 1 heterocycles. The Balaban J connectivity index is 1.57. The number of amides is 1. The highest BCUT2D eigenvalue weighted by Gasteiger charge is 2.49. The molecule has 1 aliphatic rings. The summed E-state index contributed by atoms with van der Waals surface area (Å²) in [6, 6.07) is 12.2. The van der Waals surface area contributed by atoms with Crippen LogP contribution in [0, 0.1) is 11.3 Å². The summed E-state index contributed by atoms with van der Waals surface area (Å²) in [5, 5.41) is 9.19. The number of nitrogens with zero attached hydrogens (tertiary/aromatic N) is 3. The quantitative estimate of drug-likeness (QED) is 0.147. The average molecular weight is 578 g/mol. The Morgan fingerprint density at radius 3 is 2.45 bits per heavy atom. The number of alkyl halides is 3. The standard InChI is InChI=1S/C28H30F3N3O5S/c1-27(2)25(36)34(21-11-10-20(17-32)23(16-21)28(29,30)31)26(40)33(27)14-4-6-19-8-12-22(13-9-19)38-15-5-7-24(35)39-18-37-3/h8-13,16H,4-7,14-15,18H2,1-3H3. The molecule has 0 spiro atoms. The number of methoxy groups -OCH3 is 1. The summed E-state index contributed by atoms with van der Waals surface area (Å²) in [4.78, 5) is 27.5. The minimum absolute atomic E-state index is 0.0284. The van der Waals surface area contributed by atoms with Gasteiger partial charge in [-0.3, -0.25) is 14.5 Å². The van der Waals surface area contributed by atoms with Gasteiger partial charge in [0.1, 0.15) is 11.3 Å². The van der Waals surface area contributed by atoms with Crippen LogP contribution in [0.5, 0.6) is 5.75 Å². The van der Waals surface area contributed by atoms with Crippen LogP contribution in [0.4, 0.5) is 18.9 Å². The van der Waals surface area contributed by atoms with Crippen LogP contribution in [-0.4, -0.2) is 54.5 Å². The molecule has 0 bridgehead atoms. The number of aryl methyl sites for hydroxylation is 1. The van der Waals surface area contributed by atoms with Gasteiger partial charge in [-0.2, -0.15) is 18.4 Å². The third-order valence-corrected chi connectivity index (χ3v) is 6.82. The first-order valence-electron chi connectivity index (χ1n) is 12.5. The van der Waals surface area contributed by atoms with Crippen LogP contribution >= 0.6 is 12.2 Å². The Morgan fingerprint density at radius 1 is 1.12 bits per heavy atom. The Morgan fingerprint density at radius 2 is 1.82 bits per heavy atom. The molecule has 1 saturated heterocycles. The van der Waals surface area contributed by atoms with E-state index in [9.17, 15) is 22.8 Å². The molecule has 8 nitrogen and oxygen atoms in total. The van der Waals surface area contributed by atoms with Gasteiger partial charge in [0.15, 0.2) is 11.9 Å². The number of benzene rings is 2. The number of hydrogen-bond acceptors (Lipinski definition) is 7. The molecule has 2 aromatic carbocycles. The molecule has 12 heteroatoms. The molecule has 214 valence electrons. The lowest BCUT2D eigenvalue weighted by Crippen LogP contribution is -2.44. The number of halogens is 3. The van der Waals surface area contributed by atoms with Gasteiger partial charge in [-0.1, -0.05) is 12.1 Å². The van der Waals surface area contributed by atoms with E-state index in [2.05, 4.69) is 4.74 Å². The molecule has 0 N–H and O–H groups in total. The lowest BCUT2D eigenvalue weighted by molar-refractivity contribution is -0.154. The van der Waals surface area contributed by atoms with E-state index in [1.807, 2.05) is 24.3 Å². The second-order valence-corrected chi connectivity index (χ2v) is 9.96. The van der Waals surface area contributed by atoms with Crippen LogP contribution in [0.2, 0.25) is 0 Å². The van der Waals surface area contributed by atoms with Gasteiger partial charge in [-0.05, 0) is 81.2 Å². The fourth-order valence-electron chi connectivity index (χ4n) is 4.24. The molecule has 1 aliphatic heterocycles. The Bertz CT molecular complexity index is 1280. The SMILES string of the molecule is COCOC(=O)CCCOc1ccc(CCCN2C(=S)N(c3ccc(C#N)c(C(F)(F)F)c3)C(=O)C2(C)C)cc1. The first-order valence-corrected chi connectivity index (χ1v) is 12.9. The smallest absolute Gasteiger partial charge is 0.417 e. The van der Waals surface area contributed by atoms with Crippen LogP contribution in [0.15, 0.2) is 42.5 Å². The minimum Gasteiger partial charge on any atom is -0.494 e. The lowest BCUT2D eigenvalue weighted by Gasteiger charge is -2.29. The second kappa shape index (κ2) is 13.1.